The van der Waals surface area contributed by atoms with E-state index in [1.165, 1.54) is 7.11 Å². The van der Waals surface area contributed by atoms with Crippen molar-refractivity contribution in [2.75, 3.05) is 7.11 Å². The van der Waals surface area contributed by atoms with E-state index in [1.807, 2.05) is 25.1 Å². The van der Waals surface area contributed by atoms with Gasteiger partial charge in [0.05, 0.1) is 18.0 Å². The maximum Gasteiger partial charge on any atom is 0.281 e. The monoisotopic (exact) mass is 382 g/mol. The molecule has 138 valence electrons. The number of benzene rings is 2. The maximum atomic E-state index is 12.5. The zero-order valence-corrected chi connectivity index (χ0v) is 15.9. The Bertz CT molecular complexity index is 1120. The number of aromatic nitrogens is 2. The highest BCUT2D eigenvalue weighted by atomic mass is 35.5. The first-order valence-electron chi connectivity index (χ1n) is 8.82. The number of aryl methyl sites for hydroxylation is 2. The van der Waals surface area contributed by atoms with E-state index in [9.17, 15) is 9.90 Å². The third-order valence-electron chi connectivity index (χ3n) is 4.95. The van der Waals surface area contributed by atoms with Gasteiger partial charge in [-0.1, -0.05) is 18.5 Å². The van der Waals surface area contributed by atoms with Gasteiger partial charge in [0.15, 0.2) is 11.5 Å². The summed E-state index contributed by atoms with van der Waals surface area (Å²) in [5.74, 6) is 1.30. The first-order chi connectivity index (χ1) is 13.0. The number of fused-ring (bicyclic) bond motifs is 3. The van der Waals surface area contributed by atoms with Crippen LogP contribution in [-0.2, 0) is 13.0 Å². The quantitative estimate of drug-likeness (QED) is 0.734. The molecule has 2 heterocycles. The molecule has 0 unspecified atom stereocenters. The van der Waals surface area contributed by atoms with Gasteiger partial charge in [-0.25, -0.2) is 0 Å². The average Bonchev–Trinajstić information content (AvgIpc) is 3.05. The van der Waals surface area contributed by atoms with Gasteiger partial charge < -0.3 is 14.4 Å². The number of nitrogens with zero attached hydrogens (tertiary/aromatic N) is 2. The number of phenols is 1. The lowest BCUT2D eigenvalue weighted by molar-refractivity contribution is 0.371. The second-order valence-electron chi connectivity index (χ2n) is 6.56. The lowest BCUT2D eigenvalue weighted by atomic mass is 10.0. The minimum Gasteiger partial charge on any atom is -0.504 e. The fraction of sp³-hybridized carbons (Fsp3) is 0.238. The second-order valence-corrected chi connectivity index (χ2v) is 6.99. The molecule has 3 aromatic rings. The lowest BCUT2D eigenvalue weighted by Gasteiger charge is -2.10. The van der Waals surface area contributed by atoms with Crippen molar-refractivity contribution in [3.05, 3.63) is 62.7 Å². The Labute approximate surface area is 161 Å². The summed E-state index contributed by atoms with van der Waals surface area (Å²) >= 11 is 6.03. The summed E-state index contributed by atoms with van der Waals surface area (Å²) in [6.45, 7) is 2.73. The molecule has 5 nitrogen and oxygen atoms in total. The van der Waals surface area contributed by atoms with E-state index >= 15 is 0 Å². The number of halogens is 1. The highest BCUT2D eigenvalue weighted by Crippen LogP contribution is 2.35. The number of allylic oxidation sites excluding steroid dienone is 1. The summed E-state index contributed by atoms with van der Waals surface area (Å²) in [6.07, 6.45) is 3.48. The van der Waals surface area contributed by atoms with Crippen molar-refractivity contribution in [1.82, 2.24) is 9.55 Å². The summed E-state index contributed by atoms with van der Waals surface area (Å²) in [7, 11) is 1.54. The van der Waals surface area contributed by atoms with Crippen LogP contribution >= 0.6 is 11.6 Å². The average molecular weight is 383 g/mol. The zero-order chi connectivity index (χ0) is 19.1. The summed E-state index contributed by atoms with van der Waals surface area (Å²) < 4.78 is 7.34. The molecule has 2 aromatic carbocycles. The van der Waals surface area contributed by atoms with Gasteiger partial charge in [0.1, 0.15) is 5.82 Å². The van der Waals surface area contributed by atoms with Crippen LogP contribution in [0.4, 0.5) is 0 Å². The van der Waals surface area contributed by atoms with Crippen LogP contribution in [0.25, 0.3) is 22.6 Å². The molecule has 4 rings (SSSR count). The van der Waals surface area contributed by atoms with E-state index in [4.69, 9.17) is 16.3 Å². The molecule has 0 atom stereocenters. The number of hydrogen-bond donors (Lipinski definition) is 1. The second kappa shape index (κ2) is 6.74. The molecule has 6 heteroatoms. The van der Waals surface area contributed by atoms with Gasteiger partial charge in [-0.2, -0.15) is 4.98 Å². The Morgan fingerprint density at radius 1 is 1.33 bits per heavy atom. The van der Waals surface area contributed by atoms with E-state index in [0.717, 1.165) is 35.2 Å². The minimum atomic E-state index is -0.274. The fourth-order valence-electron chi connectivity index (χ4n) is 3.60. The normalized spacial score (nSPS) is 14.7. The molecule has 0 saturated heterocycles. The summed E-state index contributed by atoms with van der Waals surface area (Å²) in [5.41, 5.74) is 3.28. The largest absolute Gasteiger partial charge is 0.504 e. The van der Waals surface area contributed by atoms with Crippen LogP contribution in [0.3, 0.4) is 0 Å². The summed E-state index contributed by atoms with van der Waals surface area (Å²) in [6, 6.07) is 9.05. The molecule has 0 radical (unpaired) electrons. The van der Waals surface area contributed by atoms with Crippen molar-refractivity contribution in [3.63, 3.8) is 0 Å². The molecule has 0 aliphatic carbocycles. The third-order valence-corrected chi connectivity index (χ3v) is 5.19. The highest BCUT2D eigenvalue weighted by molar-refractivity contribution is 6.31. The minimum absolute atomic E-state index is 0.172. The molecule has 1 N–H and O–H groups in total. The standard InChI is InChI=1S/C21H19ClN2O3/c1-3-13-8-12(10-18(27-2)19(13)25)9-14-6-7-24-17-5-4-15(22)11-16(17)21(26)23-20(14)24/h4-5,8-11,25H,3,6-7H2,1-2H3/b14-9+. The number of hydrogen-bond acceptors (Lipinski definition) is 4. The molecule has 0 fully saturated rings. The maximum absolute atomic E-state index is 12.5. The molecule has 1 aliphatic rings. The lowest BCUT2D eigenvalue weighted by Crippen LogP contribution is -2.14. The fourth-order valence-corrected chi connectivity index (χ4v) is 3.77. The Morgan fingerprint density at radius 3 is 2.89 bits per heavy atom. The molecule has 0 bridgehead atoms. The van der Waals surface area contributed by atoms with Crippen LogP contribution in [0.1, 0.15) is 30.3 Å². The van der Waals surface area contributed by atoms with Gasteiger partial charge in [0.25, 0.3) is 5.56 Å². The molecule has 0 spiro atoms. The van der Waals surface area contributed by atoms with Crippen LogP contribution in [0.15, 0.2) is 35.1 Å². The number of rotatable bonds is 3. The first kappa shape index (κ1) is 17.6. The van der Waals surface area contributed by atoms with Crippen molar-refractivity contribution in [2.45, 2.75) is 26.3 Å². The van der Waals surface area contributed by atoms with Crippen LogP contribution in [0, 0.1) is 0 Å². The topological polar surface area (TPSA) is 64.4 Å². The van der Waals surface area contributed by atoms with E-state index in [-0.39, 0.29) is 11.3 Å². The SMILES string of the molecule is CCc1cc(/C=C2\CCn3c2nc(=O)c2cc(Cl)ccc23)cc(OC)c1O. The Morgan fingerprint density at radius 2 is 2.15 bits per heavy atom. The Balaban J connectivity index is 1.87. The van der Waals surface area contributed by atoms with Crippen LogP contribution in [-0.4, -0.2) is 21.8 Å². The predicted octanol–water partition coefficient (Wildman–Crippen LogP) is 4.27. The third kappa shape index (κ3) is 2.98. The molecular formula is C21H19ClN2O3. The smallest absolute Gasteiger partial charge is 0.281 e. The number of methoxy groups -OCH3 is 1. The number of phenolic OH excluding ortho intramolecular Hbond substituents is 1. The number of aromatic hydroxyl groups is 1. The molecule has 1 aliphatic heterocycles. The van der Waals surface area contributed by atoms with E-state index in [2.05, 4.69) is 9.55 Å². The van der Waals surface area contributed by atoms with E-state index < -0.39 is 0 Å². The van der Waals surface area contributed by atoms with Crippen molar-refractivity contribution in [3.8, 4) is 11.5 Å². The van der Waals surface area contributed by atoms with Crippen molar-refractivity contribution < 1.29 is 9.84 Å². The van der Waals surface area contributed by atoms with Crippen molar-refractivity contribution in [1.29, 1.82) is 0 Å². The van der Waals surface area contributed by atoms with Gasteiger partial charge >= 0.3 is 0 Å². The Kier molecular flexibility index (Phi) is 4.40. The molecule has 1 aromatic heterocycles. The van der Waals surface area contributed by atoms with Crippen LogP contribution in [0.5, 0.6) is 11.5 Å². The van der Waals surface area contributed by atoms with Crippen LogP contribution < -0.4 is 10.3 Å². The van der Waals surface area contributed by atoms with E-state index in [0.29, 0.717) is 28.4 Å². The van der Waals surface area contributed by atoms with Gasteiger partial charge in [0.2, 0.25) is 0 Å². The molecule has 0 amide bonds. The predicted molar refractivity (Wildman–Crippen MR) is 108 cm³/mol. The summed E-state index contributed by atoms with van der Waals surface area (Å²) in [5, 5.41) is 11.3. The first-order valence-corrected chi connectivity index (χ1v) is 9.20. The summed E-state index contributed by atoms with van der Waals surface area (Å²) in [4.78, 5) is 16.8. The molecular weight excluding hydrogens is 364 g/mol. The van der Waals surface area contributed by atoms with Gasteiger partial charge in [-0.15, -0.1) is 0 Å². The van der Waals surface area contributed by atoms with E-state index in [1.54, 1.807) is 18.2 Å². The number of ether oxygens (including phenoxy) is 1. The Hall–Kier alpha value is -2.79. The van der Waals surface area contributed by atoms with Crippen LogP contribution in [0.2, 0.25) is 5.02 Å². The molecule has 27 heavy (non-hydrogen) atoms. The van der Waals surface area contributed by atoms with Gasteiger partial charge in [-0.05, 0) is 65.9 Å². The molecule has 0 saturated carbocycles. The highest BCUT2D eigenvalue weighted by Gasteiger charge is 2.21. The van der Waals surface area contributed by atoms with Crippen molar-refractivity contribution >= 4 is 34.2 Å². The van der Waals surface area contributed by atoms with Gasteiger partial charge in [0, 0.05) is 11.6 Å². The van der Waals surface area contributed by atoms with Crippen molar-refractivity contribution in [2.24, 2.45) is 0 Å². The zero-order valence-electron chi connectivity index (χ0n) is 15.1. The van der Waals surface area contributed by atoms with Gasteiger partial charge in [-0.3, -0.25) is 4.79 Å².